The molecule has 0 unspecified atom stereocenters. The van der Waals surface area contributed by atoms with E-state index in [1.807, 2.05) is 77.2 Å². The van der Waals surface area contributed by atoms with Crippen LogP contribution in [-0.2, 0) is 16.1 Å². The molecule has 6 nitrogen and oxygen atoms in total. The molecule has 1 atom stereocenters. The molecular weight excluding hydrogens is 378 g/mol. The van der Waals surface area contributed by atoms with Gasteiger partial charge in [-0.15, -0.1) is 0 Å². The van der Waals surface area contributed by atoms with Crippen molar-refractivity contribution in [2.45, 2.75) is 39.3 Å². The van der Waals surface area contributed by atoms with Gasteiger partial charge < -0.3 is 14.4 Å². The van der Waals surface area contributed by atoms with Crippen molar-refractivity contribution in [3.05, 3.63) is 71.9 Å². The van der Waals surface area contributed by atoms with Crippen molar-refractivity contribution >= 4 is 5.91 Å². The molecule has 0 spiro atoms. The fraction of sp³-hybridized carbons (Fsp3) is 0.333. The van der Waals surface area contributed by atoms with Gasteiger partial charge in [-0.1, -0.05) is 36.4 Å². The minimum atomic E-state index is 0.0167. The number of aromatic nitrogens is 2. The third kappa shape index (κ3) is 4.54. The number of amides is 1. The Bertz CT molecular complexity index is 980. The molecule has 3 aromatic rings. The average molecular weight is 405 g/mol. The zero-order valence-corrected chi connectivity index (χ0v) is 17.5. The van der Waals surface area contributed by atoms with Gasteiger partial charge in [0.1, 0.15) is 5.75 Å². The Kier molecular flexibility index (Phi) is 6.14. The molecule has 1 aliphatic heterocycles. The van der Waals surface area contributed by atoms with Crippen LogP contribution in [0.25, 0.3) is 5.69 Å². The van der Waals surface area contributed by atoms with E-state index in [2.05, 4.69) is 0 Å². The molecule has 1 amide bonds. The summed E-state index contributed by atoms with van der Waals surface area (Å²) < 4.78 is 13.9. The first-order valence-electron chi connectivity index (χ1n) is 10.4. The lowest BCUT2D eigenvalue weighted by atomic mass is 10.2. The highest BCUT2D eigenvalue weighted by atomic mass is 16.5. The van der Waals surface area contributed by atoms with E-state index in [9.17, 15) is 4.79 Å². The Morgan fingerprint density at radius 1 is 1.17 bits per heavy atom. The fourth-order valence-corrected chi connectivity index (χ4v) is 3.70. The van der Waals surface area contributed by atoms with Gasteiger partial charge in [-0.3, -0.25) is 4.79 Å². The maximum Gasteiger partial charge on any atom is 0.227 e. The number of rotatable bonds is 7. The van der Waals surface area contributed by atoms with Crippen LogP contribution < -0.4 is 4.74 Å². The standard InChI is InChI=1S/C24H27N3O3/c1-18-23(17-26(19(2)28)16-22-14-9-15-29-22)24(30-21-12-7-4-8-13-21)27(25-18)20-10-5-3-6-11-20/h3-8,10-13,22H,9,14-17H2,1-2H3/t22-/m0/s1. The van der Waals surface area contributed by atoms with Gasteiger partial charge >= 0.3 is 0 Å². The molecule has 2 aromatic carbocycles. The second-order valence-corrected chi connectivity index (χ2v) is 7.57. The Morgan fingerprint density at radius 2 is 1.87 bits per heavy atom. The van der Waals surface area contributed by atoms with Crippen molar-refractivity contribution in [3.8, 4) is 17.3 Å². The van der Waals surface area contributed by atoms with Crippen molar-refractivity contribution in [1.29, 1.82) is 0 Å². The number of carbonyl (C=O) groups excluding carboxylic acids is 1. The first-order valence-corrected chi connectivity index (χ1v) is 10.4. The maximum absolute atomic E-state index is 12.4. The van der Waals surface area contributed by atoms with Crippen LogP contribution in [0.4, 0.5) is 0 Å². The van der Waals surface area contributed by atoms with Crippen LogP contribution in [0.2, 0.25) is 0 Å². The summed E-state index contributed by atoms with van der Waals surface area (Å²) in [5.74, 6) is 1.37. The summed E-state index contributed by atoms with van der Waals surface area (Å²) >= 11 is 0. The van der Waals surface area contributed by atoms with Crippen LogP contribution in [0.3, 0.4) is 0 Å². The highest BCUT2D eigenvalue weighted by Crippen LogP contribution is 2.32. The molecule has 2 heterocycles. The predicted molar refractivity (Wildman–Crippen MR) is 115 cm³/mol. The van der Waals surface area contributed by atoms with E-state index in [0.717, 1.165) is 42.1 Å². The molecule has 1 aliphatic rings. The number of aryl methyl sites for hydroxylation is 1. The number of ether oxygens (including phenoxy) is 2. The maximum atomic E-state index is 12.4. The van der Waals surface area contributed by atoms with Crippen molar-refractivity contribution in [1.82, 2.24) is 14.7 Å². The van der Waals surface area contributed by atoms with Crippen LogP contribution in [0, 0.1) is 6.92 Å². The number of carbonyl (C=O) groups is 1. The van der Waals surface area contributed by atoms with E-state index in [-0.39, 0.29) is 12.0 Å². The van der Waals surface area contributed by atoms with Crippen molar-refractivity contribution < 1.29 is 14.3 Å². The Labute approximate surface area is 177 Å². The van der Waals surface area contributed by atoms with Crippen LogP contribution in [-0.4, -0.2) is 39.8 Å². The van der Waals surface area contributed by atoms with Gasteiger partial charge in [0, 0.05) is 20.1 Å². The van der Waals surface area contributed by atoms with E-state index in [0.29, 0.717) is 19.0 Å². The SMILES string of the molecule is CC(=O)N(Cc1c(C)nn(-c2ccccc2)c1Oc1ccccc1)C[C@@H]1CCCO1. The monoisotopic (exact) mass is 405 g/mol. The van der Waals surface area contributed by atoms with E-state index in [4.69, 9.17) is 14.6 Å². The zero-order valence-electron chi connectivity index (χ0n) is 17.5. The summed E-state index contributed by atoms with van der Waals surface area (Å²) in [6, 6.07) is 19.5. The van der Waals surface area contributed by atoms with Gasteiger partial charge in [0.05, 0.1) is 29.6 Å². The zero-order chi connectivity index (χ0) is 20.9. The largest absolute Gasteiger partial charge is 0.439 e. The smallest absolute Gasteiger partial charge is 0.227 e. The normalized spacial score (nSPS) is 15.9. The first-order chi connectivity index (χ1) is 14.6. The first kappa shape index (κ1) is 20.2. The van der Waals surface area contributed by atoms with Gasteiger partial charge in [0.25, 0.3) is 0 Å². The van der Waals surface area contributed by atoms with E-state index < -0.39 is 0 Å². The summed E-state index contributed by atoms with van der Waals surface area (Å²) in [5.41, 5.74) is 2.64. The fourth-order valence-electron chi connectivity index (χ4n) is 3.70. The molecule has 0 aliphatic carbocycles. The highest BCUT2D eigenvalue weighted by Gasteiger charge is 2.25. The average Bonchev–Trinajstić information content (AvgIpc) is 3.38. The van der Waals surface area contributed by atoms with Gasteiger partial charge in [-0.05, 0) is 44.0 Å². The number of para-hydroxylation sites is 2. The number of hydrogen-bond donors (Lipinski definition) is 0. The van der Waals surface area contributed by atoms with Crippen LogP contribution in [0.15, 0.2) is 60.7 Å². The molecule has 0 radical (unpaired) electrons. The number of hydrogen-bond acceptors (Lipinski definition) is 4. The summed E-state index contributed by atoms with van der Waals surface area (Å²) in [7, 11) is 0. The Balaban J connectivity index is 1.70. The molecule has 156 valence electrons. The minimum absolute atomic E-state index is 0.0167. The van der Waals surface area contributed by atoms with E-state index in [1.54, 1.807) is 6.92 Å². The molecule has 1 fully saturated rings. The predicted octanol–water partition coefficient (Wildman–Crippen LogP) is 4.50. The molecule has 0 saturated carbocycles. The van der Waals surface area contributed by atoms with Crippen LogP contribution in [0.1, 0.15) is 31.0 Å². The Hall–Kier alpha value is -3.12. The molecule has 6 heteroatoms. The molecule has 1 aromatic heterocycles. The summed E-state index contributed by atoms with van der Waals surface area (Å²) in [6.45, 7) is 5.33. The number of nitrogens with zero attached hydrogens (tertiary/aromatic N) is 3. The van der Waals surface area contributed by atoms with E-state index in [1.165, 1.54) is 0 Å². The van der Waals surface area contributed by atoms with Crippen molar-refractivity contribution in [3.63, 3.8) is 0 Å². The summed E-state index contributed by atoms with van der Waals surface area (Å²) in [5, 5.41) is 4.74. The highest BCUT2D eigenvalue weighted by molar-refractivity contribution is 5.73. The van der Waals surface area contributed by atoms with Crippen LogP contribution >= 0.6 is 0 Å². The lowest BCUT2D eigenvalue weighted by Gasteiger charge is -2.24. The van der Waals surface area contributed by atoms with Gasteiger partial charge in [-0.25, -0.2) is 4.68 Å². The Morgan fingerprint density at radius 3 is 2.50 bits per heavy atom. The van der Waals surface area contributed by atoms with E-state index >= 15 is 0 Å². The van der Waals surface area contributed by atoms with Crippen molar-refractivity contribution in [2.24, 2.45) is 0 Å². The third-order valence-electron chi connectivity index (χ3n) is 5.34. The summed E-state index contributed by atoms with van der Waals surface area (Å²) in [6.07, 6.45) is 2.13. The summed E-state index contributed by atoms with van der Waals surface area (Å²) in [4.78, 5) is 14.2. The van der Waals surface area contributed by atoms with Crippen molar-refractivity contribution in [2.75, 3.05) is 13.2 Å². The molecule has 1 saturated heterocycles. The van der Waals surface area contributed by atoms with Gasteiger partial charge in [0.2, 0.25) is 11.8 Å². The molecule has 30 heavy (non-hydrogen) atoms. The quantitative estimate of drug-likeness (QED) is 0.581. The second-order valence-electron chi connectivity index (χ2n) is 7.57. The second kappa shape index (κ2) is 9.13. The number of benzene rings is 2. The van der Waals surface area contributed by atoms with Crippen LogP contribution in [0.5, 0.6) is 11.6 Å². The van der Waals surface area contributed by atoms with Gasteiger partial charge in [-0.2, -0.15) is 5.10 Å². The molecule has 0 N–H and O–H groups in total. The minimum Gasteiger partial charge on any atom is -0.439 e. The van der Waals surface area contributed by atoms with Gasteiger partial charge in [0.15, 0.2) is 0 Å². The topological polar surface area (TPSA) is 56.6 Å². The third-order valence-corrected chi connectivity index (χ3v) is 5.34. The lowest BCUT2D eigenvalue weighted by molar-refractivity contribution is -0.131. The molecular formula is C24H27N3O3. The molecule has 4 rings (SSSR count). The molecule has 0 bridgehead atoms. The lowest BCUT2D eigenvalue weighted by Crippen LogP contribution is -2.35.